The summed E-state index contributed by atoms with van der Waals surface area (Å²) in [5, 5.41) is 36.7. The number of nitrogens with zero attached hydrogens (tertiary/aromatic N) is 6. The van der Waals surface area contributed by atoms with Crippen LogP contribution in [0.5, 0.6) is 0 Å². The first-order valence-electron chi connectivity index (χ1n) is 13.0. The average molecular weight is 550 g/mol. The van der Waals surface area contributed by atoms with Gasteiger partial charge in [-0.05, 0) is 23.8 Å². The molecule has 8 atom stereocenters. The van der Waals surface area contributed by atoms with Gasteiger partial charge in [0, 0.05) is 60.3 Å². The van der Waals surface area contributed by atoms with Crippen LogP contribution in [0.4, 0.5) is 0 Å². The Labute approximate surface area is 224 Å². The number of carbonyl (C=O) groups excluding carboxylic acids is 3. The van der Waals surface area contributed by atoms with Crippen LogP contribution in [-0.4, -0.2) is 120 Å². The third-order valence-electron chi connectivity index (χ3n) is 8.18. The quantitative estimate of drug-likeness (QED) is 0.199. The molecule has 5 rings (SSSR count). The highest BCUT2D eigenvalue weighted by Gasteiger charge is 2.59. The highest BCUT2D eigenvalue weighted by molar-refractivity contribution is 8.03. The van der Waals surface area contributed by atoms with Gasteiger partial charge in [-0.2, -0.15) is 0 Å². The van der Waals surface area contributed by atoms with Gasteiger partial charge in [0.1, 0.15) is 12.9 Å². The number of aliphatic hydroxyl groups excluding tert-OH is 2. The van der Waals surface area contributed by atoms with Gasteiger partial charge < -0.3 is 36.4 Å². The molecule has 0 saturated carbocycles. The molecule has 208 valence electrons. The third kappa shape index (κ3) is 4.81. The van der Waals surface area contributed by atoms with Crippen LogP contribution < -0.4 is 16.4 Å². The molecule has 15 heteroatoms. The van der Waals surface area contributed by atoms with Crippen molar-refractivity contribution in [1.29, 1.82) is 0 Å². The Balaban J connectivity index is 1.19. The minimum atomic E-state index is -0.405. The van der Waals surface area contributed by atoms with Gasteiger partial charge in [0.2, 0.25) is 17.7 Å². The summed E-state index contributed by atoms with van der Waals surface area (Å²) >= 11 is 1.62. The van der Waals surface area contributed by atoms with Crippen molar-refractivity contribution in [2.45, 2.75) is 56.2 Å². The van der Waals surface area contributed by atoms with E-state index in [1.54, 1.807) is 21.6 Å². The molecule has 3 amide bonds. The lowest BCUT2D eigenvalue weighted by atomic mass is 9.78. The molecule has 14 nitrogen and oxygen atoms in total. The van der Waals surface area contributed by atoms with Crippen molar-refractivity contribution < 1.29 is 24.6 Å². The molecule has 0 aromatic carbocycles. The Morgan fingerprint density at radius 1 is 1.34 bits per heavy atom. The molecule has 0 spiro atoms. The van der Waals surface area contributed by atoms with Crippen LogP contribution in [0.2, 0.25) is 0 Å². The van der Waals surface area contributed by atoms with Crippen LogP contribution in [0, 0.1) is 17.8 Å². The van der Waals surface area contributed by atoms with Crippen molar-refractivity contribution in [3.63, 3.8) is 0 Å². The van der Waals surface area contributed by atoms with E-state index >= 15 is 0 Å². The number of rotatable bonds is 9. The Morgan fingerprint density at radius 3 is 2.79 bits per heavy atom. The number of aromatic nitrogens is 4. The number of aliphatic hydroxyl groups is 2. The van der Waals surface area contributed by atoms with Gasteiger partial charge in [-0.1, -0.05) is 6.92 Å². The predicted octanol–water partition coefficient (Wildman–Crippen LogP) is -2.90. The summed E-state index contributed by atoms with van der Waals surface area (Å²) < 4.78 is 1.31. The SMILES string of the molecule is C[C@@H](NC(=O)Cn1cnnn1)[C@H]1C(=O)N2C(CO)=C(S[C@@H]3CN[C@H](C(=O)N4CC(N)C(CO)C4)C3)[C@H](C)[C@H]12. The van der Waals surface area contributed by atoms with Crippen LogP contribution in [-0.2, 0) is 20.9 Å². The fraction of sp³-hybridized carbons (Fsp3) is 0.739. The standard InChI is InChI=1S/C23H35N9O5S/c1-11-20-19(12(2)27-18(35)7-31-10-26-28-29-31)23(37)32(20)17(9-34)21(11)38-14-3-16(25-4-14)22(36)30-5-13(8-33)15(24)6-30/h10-16,19-20,25,33-34H,3-9,24H2,1-2H3,(H,27,35)/t11-,12-,13?,14+,15?,16+,19-,20-/m1/s1. The summed E-state index contributed by atoms with van der Waals surface area (Å²) in [5.41, 5.74) is 6.68. The van der Waals surface area contributed by atoms with Crippen LogP contribution in [0.1, 0.15) is 20.3 Å². The summed E-state index contributed by atoms with van der Waals surface area (Å²) in [6, 6.07) is -1.09. The van der Waals surface area contributed by atoms with Crippen LogP contribution in [0.25, 0.3) is 0 Å². The first-order chi connectivity index (χ1) is 18.2. The fourth-order valence-corrected chi connectivity index (χ4v) is 7.68. The second-order valence-electron chi connectivity index (χ2n) is 10.6. The number of hydrogen-bond donors (Lipinski definition) is 5. The third-order valence-corrected chi connectivity index (χ3v) is 9.74. The van der Waals surface area contributed by atoms with Crippen molar-refractivity contribution in [2.75, 3.05) is 32.8 Å². The summed E-state index contributed by atoms with van der Waals surface area (Å²) in [5.74, 6) is -0.913. The zero-order valence-electron chi connectivity index (χ0n) is 21.4. The molecule has 3 fully saturated rings. The number of amides is 3. The lowest BCUT2D eigenvalue weighted by molar-refractivity contribution is -0.155. The van der Waals surface area contributed by atoms with E-state index in [2.05, 4.69) is 26.2 Å². The molecule has 1 aromatic heterocycles. The Morgan fingerprint density at radius 2 is 2.13 bits per heavy atom. The van der Waals surface area contributed by atoms with Gasteiger partial charge >= 0.3 is 0 Å². The minimum Gasteiger partial charge on any atom is -0.396 e. The number of fused-ring (bicyclic) bond motifs is 1. The van der Waals surface area contributed by atoms with Gasteiger partial charge in [-0.25, -0.2) is 4.68 Å². The van der Waals surface area contributed by atoms with Crippen molar-refractivity contribution >= 4 is 29.5 Å². The highest BCUT2D eigenvalue weighted by Crippen LogP contribution is 2.51. The van der Waals surface area contributed by atoms with Gasteiger partial charge in [-0.3, -0.25) is 14.4 Å². The molecule has 0 radical (unpaired) electrons. The molecule has 1 aromatic rings. The average Bonchev–Trinajstić information content (AvgIpc) is 3.67. The second kappa shape index (κ2) is 10.9. The Hall–Kier alpha value is -2.59. The summed E-state index contributed by atoms with van der Waals surface area (Å²) in [6.45, 7) is 5.08. The normalized spacial score (nSPS) is 33.5. The van der Waals surface area contributed by atoms with Gasteiger partial charge in [0.15, 0.2) is 0 Å². The van der Waals surface area contributed by atoms with E-state index in [4.69, 9.17) is 5.73 Å². The van der Waals surface area contributed by atoms with Crippen molar-refractivity contribution in [3.05, 3.63) is 16.9 Å². The van der Waals surface area contributed by atoms with Gasteiger partial charge in [0.05, 0.1) is 30.3 Å². The summed E-state index contributed by atoms with van der Waals surface area (Å²) in [6.07, 6.45) is 1.97. The maximum absolute atomic E-state index is 13.1. The molecule has 4 aliphatic heterocycles. The lowest BCUT2D eigenvalue weighted by Gasteiger charge is -2.48. The van der Waals surface area contributed by atoms with E-state index in [9.17, 15) is 24.6 Å². The Bertz CT molecular complexity index is 1100. The second-order valence-corrected chi connectivity index (χ2v) is 12.0. The largest absolute Gasteiger partial charge is 0.396 e. The van der Waals surface area contributed by atoms with Gasteiger partial charge in [0.25, 0.3) is 0 Å². The zero-order valence-corrected chi connectivity index (χ0v) is 22.3. The predicted molar refractivity (Wildman–Crippen MR) is 136 cm³/mol. The zero-order chi connectivity index (χ0) is 27.1. The lowest BCUT2D eigenvalue weighted by Crippen LogP contribution is -2.66. The number of β-lactam (4-membered cyclic amide) rings is 1. The van der Waals surface area contributed by atoms with E-state index in [-0.39, 0.29) is 72.7 Å². The van der Waals surface area contributed by atoms with E-state index in [1.165, 1.54) is 11.0 Å². The van der Waals surface area contributed by atoms with E-state index in [0.29, 0.717) is 31.8 Å². The molecule has 6 N–H and O–H groups in total. The number of likely N-dealkylation sites (tertiary alicyclic amines) is 1. The topological polar surface area (TPSA) is 192 Å². The number of hydrogen-bond acceptors (Lipinski definition) is 11. The van der Waals surface area contributed by atoms with Crippen molar-refractivity contribution in [3.8, 4) is 0 Å². The fourth-order valence-electron chi connectivity index (χ4n) is 6.20. The first-order valence-corrected chi connectivity index (χ1v) is 13.8. The van der Waals surface area contributed by atoms with Gasteiger partial charge in [-0.15, -0.1) is 16.9 Å². The van der Waals surface area contributed by atoms with Crippen LogP contribution >= 0.6 is 11.8 Å². The first kappa shape index (κ1) is 27.0. The number of tetrazole rings is 1. The smallest absolute Gasteiger partial charge is 0.242 e. The molecule has 2 unspecified atom stereocenters. The Kier molecular flexibility index (Phi) is 7.73. The van der Waals surface area contributed by atoms with Crippen molar-refractivity contribution in [2.24, 2.45) is 23.5 Å². The monoisotopic (exact) mass is 549 g/mol. The van der Waals surface area contributed by atoms with E-state index < -0.39 is 12.0 Å². The van der Waals surface area contributed by atoms with Crippen LogP contribution in [0.3, 0.4) is 0 Å². The molecule has 0 aliphatic carbocycles. The molecule has 5 heterocycles. The number of nitrogens with one attached hydrogen (secondary N) is 2. The van der Waals surface area contributed by atoms with Crippen LogP contribution in [0.15, 0.2) is 16.9 Å². The van der Waals surface area contributed by atoms with Crippen molar-refractivity contribution in [1.82, 2.24) is 40.6 Å². The number of thioether (sulfide) groups is 1. The number of nitrogens with two attached hydrogens (primary N) is 1. The maximum Gasteiger partial charge on any atom is 0.242 e. The van der Waals surface area contributed by atoms with E-state index in [0.717, 1.165) is 4.91 Å². The number of carbonyl (C=O) groups is 3. The molecule has 4 aliphatic rings. The minimum absolute atomic E-state index is 0.000586. The molecule has 38 heavy (non-hydrogen) atoms. The molecule has 0 bridgehead atoms. The highest BCUT2D eigenvalue weighted by atomic mass is 32.2. The summed E-state index contributed by atoms with van der Waals surface area (Å²) in [7, 11) is 0. The summed E-state index contributed by atoms with van der Waals surface area (Å²) in [4.78, 5) is 43.0. The molecular weight excluding hydrogens is 514 g/mol. The van der Waals surface area contributed by atoms with E-state index in [1.807, 2.05) is 13.8 Å². The maximum atomic E-state index is 13.1. The molecular formula is C23H35N9O5S. The molecule has 3 saturated heterocycles.